The predicted molar refractivity (Wildman–Crippen MR) is 57.4 cm³/mol. The molecule has 15 heavy (non-hydrogen) atoms. The molecule has 0 atom stereocenters. The minimum atomic E-state index is -0.248. The third-order valence-corrected chi connectivity index (χ3v) is 2.21. The summed E-state index contributed by atoms with van der Waals surface area (Å²) < 4.78 is 13.2. The molecule has 1 aromatic heterocycles. The van der Waals surface area contributed by atoms with Crippen molar-refractivity contribution in [3.63, 3.8) is 0 Å². The zero-order valence-electron chi connectivity index (χ0n) is 8.21. The minimum Gasteiger partial charge on any atom is -0.382 e. The molecule has 0 amide bonds. The number of aromatic nitrogens is 2. The fraction of sp³-hybridized carbons (Fsp3) is 0.100. The third-order valence-electron chi connectivity index (χ3n) is 2.21. The molecule has 0 spiro atoms. The second-order valence-corrected chi connectivity index (χ2v) is 3.23. The average molecular weight is 206 g/mol. The molecular weight excluding hydrogens is 195 g/mol. The Balaban J connectivity index is 2.33. The van der Waals surface area contributed by atoms with Gasteiger partial charge in [0.2, 0.25) is 0 Å². The van der Waals surface area contributed by atoms with E-state index in [2.05, 4.69) is 15.5 Å². The summed E-state index contributed by atoms with van der Waals surface area (Å²) in [5.74, 6) is 0.181. The van der Waals surface area contributed by atoms with E-state index in [-0.39, 0.29) is 5.82 Å². The van der Waals surface area contributed by atoms with Crippen molar-refractivity contribution >= 4 is 17.2 Å². The first kappa shape index (κ1) is 9.51. The van der Waals surface area contributed by atoms with Gasteiger partial charge in [-0.2, -0.15) is 5.10 Å². The van der Waals surface area contributed by atoms with E-state index >= 15 is 0 Å². The first-order chi connectivity index (χ1) is 7.18. The maximum absolute atomic E-state index is 13.2. The van der Waals surface area contributed by atoms with Crippen LogP contribution in [0.5, 0.6) is 0 Å². The lowest BCUT2D eigenvalue weighted by Gasteiger charge is -2.08. The van der Waals surface area contributed by atoms with Gasteiger partial charge in [0, 0.05) is 11.3 Å². The molecule has 0 fully saturated rings. The number of nitrogen functional groups attached to an aromatic ring is 1. The average Bonchev–Trinajstić information content (AvgIpc) is 2.60. The maximum atomic E-state index is 13.2. The summed E-state index contributed by atoms with van der Waals surface area (Å²) in [6.45, 7) is 1.70. The minimum absolute atomic E-state index is 0.248. The third kappa shape index (κ3) is 1.76. The summed E-state index contributed by atoms with van der Waals surface area (Å²) in [7, 11) is 0. The van der Waals surface area contributed by atoms with Crippen molar-refractivity contribution < 1.29 is 4.39 Å². The van der Waals surface area contributed by atoms with Gasteiger partial charge in [-0.15, -0.1) is 0 Å². The number of aromatic amines is 1. The van der Waals surface area contributed by atoms with Crippen LogP contribution in [0.4, 0.5) is 21.6 Å². The Morgan fingerprint density at radius 2 is 2.20 bits per heavy atom. The number of nitrogens with two attached hydrogens (primary N) is 1. The summed E-state index contributed by atoms with van der Waals surface area (Å²) in [5.41, 5.74) is 7.48. The molecule has 0 bridgehead atoms. The van der Waals surface area contributed by atoms with Crippen LogP contribution in [0.2, 0.25) is 0 Å². The molecule has 1 aromatic carbocycles. The van der Waals surface area contributed by atoms with E-state index in [4.69, 9.17) is 5.73 Å². The van der Waals surface area contributed by atoms with Gasteiger partial charge < -0.3 is 11.1 Å². The molecule has 5 heteroatoms. The van der Waals surface area contributed by atoms with Crippen LogP contribution in [-0.2, 0) is 0 Å². The van der Waals surface area contributed by atoms with E-state index in [1.54, 1.807) is 25.3 Å². The molecule has 0 radical (unpaired) electrons. The Hall–Kier alpha value is -2.04. The Labute approximate surface area is 86.3 Å². The van der Waals surface area contributed by atoms with Gasteiger partial charge in [-0.05, 0) is 19.1 Å². The molecule has 0 saturated heterocycles. The largest absolute Gasteiger partial charge is 0.382 e. The van der Waals surface area contributed by atoms with Gasteiger partial charge in [0.05, 0.1) is 6.20 Å². The van der Waals surface area contributed by atoms with E-state index in [9.17, 15) is 4.39 Å². The SMILES string of the molecule is Cc1c(F)cccc1Nc1cn[nH]c1N. The zero-order chi connectivity index (χ0) is 10.8. The van der Waals surface area contributed by atoms with Crippen LogP contribution in [0.1, 0.15) is 5.56 Å². The summed E-state index contributed by atoms with van der Waals surface area (Å²) in [6.07, 6.45) is 1.56. The molecule has 2 rings (SSSR count). The van der Waals surface area contributed by atoms with Crippen molar-refractivity contribution in [3.05, 3.63) is 35.8 Å². The Morgan fingerprint density at radius 1 is 1.40 bits per heavy atom. The number of H-pyrrole nitrogens is 1. The van der Waals surface area contributed by atoms with E-state index in [0.29, 0.717) is 22.8 Å². The highest BCUT2D eigenvalue weighted by atomic mass is 19.1. The molecular formula is C10H11FN4. The Bertz CT molecular complexity index is 478. The van der Waals surface area contributed by atoms with Crippen LogP contribution < -0.4 is 11.1 Å². The van der Waals surface area contributed by atoms with Crippen LogP contribution in [0.3, 0.4) is 0 Å². The monoisotopic (exact) mass is 206 g/mol. The number of hydrogen-bond donors (Lipinski definition) is 3. The number of hydrogen-bond acceptors (Lipinski definition) is 3. The van der Waals surface area contributed by atoms with Gasteiger partial charge >= 0.3 is 0 Å². The van der Waals surface area contributed by atoms with E-state index in [1.165, 1.54) is 6.07 Å². The molecule has 2 aromatic rings. The number of nitrogens with zero attached hydrogens (tertiary/aromatic N) is 1. The Kier molecular flexibility index (Phi) is 2.29. The van der Waals surface area contributed by atoms with Gasteiger partial charge in [0.15, 0.2) is 0 Å². The fourth-order valence-corrected chi connectivity index (χ4v) is 1.28. The lowest BCUT2D eigenvalue weighted by molar-refractivity contribution is 0.619. The van der Waals surface area contributed by atoms with Crippen LogP contribution >= 0.6 is 0 Å². The molecule has 0 aliphatic heterocycles. The second kappa shape index (κ2) is 3.61. The van der Waals surface area contributed by atoms with E-state index in [0.717, 1.165) is 0 Å². The first-order valence-corrected chi connectivity index (χ1v) is 4.49. The summed E-state index contributed by atoms with van der Waals surface area (Å²) in [5, 5.41) is 9.36. The molecule has 0 aliphatic rings. The van der Waals surface area contributed by atoms with Gasteiger partial charge in [0.1, 0.15) is 17.3 Å². The molecule has 78 valence electrons. The fourth-order valence-electron chi connectivity index (χ4n) is 1.28. The van der Waals surface area contributed by atoms with Crippen molar-refractivity contribution in [1.82, 2.24) is 10.2 Å². The second-order valence-electron chi connectivity index (χ2n) is 3.23. The molecule has 4 N–H and O–H groups in total. The van der Waals surface area contributed by atoms with E-state index in [1.807, 2.05) is 0 Å². The summed E-state index contributed by atoms with van der Waals surface area (Å²) in [4.78, 5) is 0. The van der Waals surface area contributed by atoms with Crippen molar-refractivity contribution in [2.75, 3.05) is 11.1 Å². The molecule has 1 heterocycles. The predicted octanol–water partition coefficient (Wildman–Crippen LogP) is 2.18. The maximum Gasteiger partial charge on any atom is 0.143 e. The number of anilines is 3. The highest BCUT2D eigenvalue weighted by molar-refractivity contribution is 5.70. The Morgan fingerprint density at radius 3 is 2.87 bits per heavy atom. The summed E-state index contributed by atoms with van der Waals surface area (Å²) >= 11 is 0. The summed E-state index contributed by atoms with van der Waals surface area (Å²) in [6, 6.07) is 4.84. The number of nitrogens with one attached hydrogen (secondary N) is 2. The lowest BCUT2D eigenvalue weighted by Crippen LogP contribution is -1.97. The first-order valence-electron chi connectivity index (χ1n) is 4.49. The number of benzene rings is 1. The lowest BCUT2D eigenvalue weighted by atomic mass is 10.2. The number of halogens is 1. The van der Waals surface area contributed by atoms with Crippen molar-refractivity contribution in [1.29, 1.82) is 0 Å². The van der Waals surface area contributed by atoms with Gasteiger partial charge in [-0.3, -0.25) is 5.10 Å². The van der Waals surface area contributed by atoms with Crippen LogP contribution in [-0.4, -0.2) is 10.2 Å². The van der Waals surface area contributed by atoms with Crippen molar-refractivity contribution in [3.8, 4) is 0 Å². The van der Waals surface area contributed by atoms with E-state index < -0.39 is 0 Å². The number of rotatable bonds is 2. The van der Waals surface area contributed by atoms with Gasteiger partial charge in [-0.1, -0.05) is 6.07 Å². The molecule has 4 nitrogen and oxygen atoms in total. The quantitative estimate of drug-likeness (QED) is 0.705. The highest BCUT2D eigenvalue weighted by Crippen LogP contribution is 2.24. The van der Waals surface area contributed by atoms with Crippen molar-refractivity contribution in [2.24, 2.45) is 0 Å². The smallest absolute Gasteiger partial charge is 0.143 e. The normalized spacial score (nSPS) is 10.3. The molecule has 0 unspecified atom stereocenters. The topological polar surface area (TPSA) is 66.7 Å². The zero-order valence-corrected chi connectivity index (χ0v) is 8.21. The van der Waals surface area contributed by atoms with Crippen molar-refractivity contribution in [2.45, 2.75) is 6.92 Å². The van der Waals surface area contributed by atoms with Gasteiger partial charge in [-0.25, -0.2) is 4.39 Å². The standard InChI is InChI=1S/C10H11FN4/c1-6-7(11)3-2-4-8(6)14-9-5-13-15-10(9)12/h2-5,14H,1H3,(H3,12,13,15). The van der Waals surface area contributed by atoms with Crippen LogP contribution in [0.15, 0.2) is 24.4 Å². The molecule has 0 aliphatic carbocycles. The van der Waals surface area contributed by atoms with Gasteiger partial charge in [0.25, 0.3) is 0 Å². The molecule has 0 saturated carbocycles. The highest BCUT2D eigenvalue weighted by Gasteiger charge is 2.06. The van der Waals surface area contributed by atoms with Crippen LogP contribution in [0, 0.1) is 12.7 Å². The van der Waals surface area contributed by atoms with Crippen LogP contribution in [0.25, 0.3) is 0 Å².